The van der Waals surface area contributed by atoms with Crippen LogP contribution < -0.4 is 5.32 Å². The van der Waals surface area contributed by atoms with Gasteiger partial charge in [0.2, 0.25) is 5.91 Å². The maximum Gasteiger partial charge on any atom is 0.410 e. The number of likely N-dealkylation sites (N-methyl/N-ethyl adjacent to an activating group) is 1. The molecule has 0 saturated heterocycles. The van der Waals surface area contributed by atoms with Crippen molar-refractivity contribution in [2.24, 2.45) is 5.92 Å². The largest absolute Gasteiger partial charge is 0.467 e. The van der Waals surface area contributed by atoms with Gasteiger partial charge in [0.1, 0.15) is 18.2 Å². The highest BCUT2D eigenvalue weighted by Gasteiger charge is 2.25. The van der Waals surface area contributed by atoms with Crippen LogP contribution in [0.4, 0.5) is 4.79 Å². The highest BCUT2D eigenvalue weighted by Crippen LogP contribution is 2.09. The Kier molecular flexibility index (Phi) is 7.90. The first-order chi connectivity index (χ1) is 9.96. The summed E-state index contributed by atoms with van der Waals surface area (Å²) in [6.45, 7) is 8.92. The summed E-state index contributed by atoms with van der Waals surface area (Å²) in [5, 5.41) is 2.58. The van der Waals surface area contributed by atoms with Gasteiger partial charge in [-0.1, -0.05) is 13.8 Å². The SMILES string of the molecule is COC(=O)C(CC(C)C)NC(=O)CN(C)C(=O)OC(C)(C)C. The summed E-state index contributed by atoms with van der Waals surface area (Å²) >= 11 is 0. The smallest absolute Gasteiger partial charge is 0.410 e. The minimum absolute atomic E-state index is 0.194. The zero-order valence-corrected chi connectivity index (χ0v) is 14.6. The van der Waals surface area contributed by atoms with Gasteiger partial charge in [0, 0.05) is 7.05 Å². The molecule has 7 nitrogen and oxygen atoms in total. The molecule has 0 spiro atoms. The highest BCUT2D eigenvalue weighted by atomic mass is 16.6. The molecule has 0 rings (SSSR count). The topological polar surface area (TPSA) is 84.9 Å². The van der Waals surface area contributed by atoms with Gasteiger partial charge in [0.15, 0.2) is 0 Å². The molecular formula is C15H28N2O5. The fourth-order valence-electron chi connectivity index (χ4n) is 1.69. The number of carbonyl (C=O) groups is 3. The Morgan fingerprint density at radius 2 is 1.73 bits per heavy atom. The Hall–Kier alpha value is -1.79. The molecule has 1 atom stereocenters. The fraction of sp³-hybridized carbons (Fsp3) is 0.800. The van der Waals surface area contributed by atoms with E-state index in [4.69, 9.17) is 4.74 Å². The summed E-state index contributed by atoms with van der Waals surface area (Å²) in [7, 11) is 2.73. The van der Waals surface area contributed by atoms with Crippen molar-refractivity contribution in [1.82, 2.24) is 10.2 Å². The van der Waals surface area contributed by atoms with Crippen LogP contribution in [-0.2, 0) is 19.1 Å². The number of methoxy groups -OCH3 is 1. The second-order valence-electron chi connectivity index (χ2n) is 6.61. The molecule has 0 aliphatic rings. The number of esters is 1. The predicted molar refractivity (Wildman–Crippen MR) is 82.3 cm³/mol. The van der Waals surface area contributed by atoms with Crippen molar-refractivity contribution in [3.05, 3.63) is 0 Å². The van der Waals surface area contributed by atoms with Crippen molar-refractivity contribution in [2.45, 2.75) is 52.7 Å². The molecule has 0 radical (unpaired) electrons. The fourth-order valence-corrected chi connectivity index (χ4v) is 1.69. The van der Waals surface area contributed by atoms with E-state index in [2.05, 4.69) is 10.1 Å². The van der Waals surface area contributed by atoms with Gasteiger partial charge >= 0.3 is 12.1 Å². The third-order valence-corrected chi connectivity index (χ3v) is 2.61. The van der Waals surface area contributed by atoms with Crippen LogP contribution in [0.2, 0.25) is 0 Å². The molecular weight excluding hydrogens is 288 g/mol. The Morgan fingerprint density at radius 3 is 2.14 bits per heavy atom. The molecule has 128 valence electrons. The summed E-state index contributed by atoms with van der Waals surface area (Å²) in [4.78, 5) is 36.6. The normalized spacial score (nSPS) is 12.5. The number of hydrogen-bond donors (Lipinski definition) is 1. The average molecular weight is 316 g/mol. The van der Waals surface area contributed by atoms with E-state index in [9.17, 15) is 14.4 Å². The third kappa shape index (κ3) is 8.49. The molecule has 0 aromatic carbocycles. The molecule has 0 aliphatic carbocycles. The zero-order chi connectivity index (χ0) is 17.5. The Morgan fingerprint density at radius 1 is 1.18 bits per heavy atom. The van der Waals surface area contributed by atoms with Crippen LogP contribution >= 0.6 is 0 Å². The lowest BCUT2D eigenvalue weighted by molar-refractivity contribution is -0.145. The van der Waals surface area contributed by atoms with Crippen molar-refractivity contribution in [1.29, 1.82) is 0 Å². The van der Waals surface area contributed by atoms with E-state index >= 15 is 0 Å². The summed E-state index contributed by atoms with van der Waals surface area (Å²) in [6.07, 6.45) is -0.129. The second-order valence-corrected chi connectivity index (χ2v) is 6.61. The number of amides is 2. The highest BCUT2D eigenvalue weighted by molar-refractivity contribution is 5.87. The van der Waals surface area contributed by atoms with Crippen LogP contribution in [0.5, 0.6) is 0 Å². The van der Waals surface area contributed by atoms with Gasteiger partial charge in [-0.15, -0.1) is 0 Å². The first-order valence-corrected chi connectivity index (χ1v) is 7.27. The molecule has 7 heteroatoms. The van der Waals surface area contributed by atoms with Crippen LogP contribution in [0.15, 0.2) is 0 Å². The van der Waals surface area contributed by atoms with Crippen molar-refractivity contribution in [2.75, 3.05) is 20.7 Å². The van der Waals surface area contributed by atoms with E-state index in [1.54, 1.807) is 20.8 Å². The Bertz CT molecular complexity index is 401. The number of rotatable bonds is 6. The lowest BCUT2D eigenvalue weighted by atomic mass is 10.0. The van der Waals surface area contributed by atoms with E-state index in [1.807, 2.05) is 13.8 Å². The van der Waals surface area contributed by atoms with Gasteiger partial charge in [-0.3, -0.25) is 4.79 Å². The van der Waals surface area contributed by atoms with Gasteiger partial charge in [-0.2, -0.15) is 0 Å². The minimum atomic E-state index is -0.718. The zero-order valence-electron chi connectivity index (χ0n) is 14.6. The van der Waals surface area contributed by atoms with Gasteiger partial charge in [0.25, 0.3) is 0 Å². The number of ether oxygens (including phenoxy) is 2. The van der Waals surface area contributed by atoms with E-state index in [1.165, 1.54) is 14.2 Å². The molecule has 1 N–H and O–H groups in total. The van der Waals surface area contributed by atoms with E-state index in [0.717, 1.165) is 4.90 Å². The Labute approximate surface area is 132 Å². The number of nitrogens with one attached hydrogen (secondary N) is 1. The molecule has 0 aromatic heterocycles. The molecule has 0 saturated carbocycles. The first kappa shape index (κ1) is 20.2. The lowest BCUT2D eigenvalue weighted by Crippen LogP contribution is -2.47. The van der Waals surface area contributed by atoms with E-state index in [0.29, 0.717) is 6.42 Å². The van der Waals surface area contributed by atoms with Crippen LogP contribution in [-0.4, -0.2) is 55.2 Å². The summed E-state index contributed by atoms with van der Waals surface area (Å²) in [6, 6.07) is -0.718. The van der Waals surface area contributed by atoms with Gasteiger partial charge in [0.05, 0.1) is 7.11 Å². The number of carbonyl (C=O) groups excluding carboxylic acids is 3. The molecule has 0 aliphatic heterocycles. The van der Waals surface area contributed by atoms with E-state index in [-0.39, 0.29) is 12.5 Å². The standard InChI is InChI=1S/C15H28N2O5/c1-10(2)8-11(13(19)21-7)16-12(18)9-17(6)14(20)22-15(3,4)5/h10-11H,8-9H2,1-7H3,(H,16,18). The average Bonchev–Trinajstić information content (AvgIpc) is 2.34. The minimum Gasteiger partial charge on any atom is -0.467 e. The van der Waals surface area contributed by atoms with Gasteiger partial charge in [-0.25, -0.2) is 9.59 Å². The quantitative estimate of drug-likeness (QED) is 0.752. The van der Waals surface area contributed by atoms with Crippen LogP contribution in [0.1, 0.15) is 41.0 Å². The predicted octanol–water partition coefficient (Wildman–Crippen LogP) is 1.56. The lowest BCUT2D eigenvalue weighted by Gasteiger charge is -2.25. The van der Waals surface area contributed by atoms with Crippen LogP contribution in [0, 0.1) is 5.92 Å². The van der Waals surface area contributed by atoms with Crippen LogP contribution in [0.3, 0.4) is 0 Å². The summed E-state index contributed by atoms with van der Waals surface area (Å²) in [5.74, 6) is -0.723. The molecule has 0 bridgehead atoms. The monoisotopic (exact) mass is 316 g/mol. The molecule has 2 amide bonds. The van der Waals surface area contributed by atoms with E-state index < -0.39 is 29.6 Å². The number of hydrogen-bond acceptors (Lipinski definition) is 5. The molecule has 0 fully saturated rings. The molecule has 0 heterocycles. The second kappa shape index (κ2) is 8.60. The van der Waals surface area contributed by atoms with Crippen molar-refractivity contribution < 1.29 is 23.9 Å². The van der Waals surface area contributed by atoms with Crippen molar-refractivity contribution in [3.8, 4) is 0 Å². The van der Waals surface area contributed by atoms with Crippen molar-refractivity contribution >= 4 is 18.0 Å². The van der Waals surface area contributed by atoms with Crippen LogP contribution in [0.25, 0.3) is 0 Å². The maximum atomic E-state index is 12.0. The molecule has 0 aromatic rings. The summed E-state index contributed by atoms with van der Waals surface area (Å²) in [5.41, 5.74) is -0.631. The summed E-state index contributed by atoms with van der Waals surface area (Å²) < 4.78 is 9.83. The van der Waals surface area contributed by atoms with Crippen molar-refractivity contribution in [3.63, 3.8) is 0 Å². The van der Waals surface area contributed by atoms with Gasteiger partial charge < -0.3 is 19.7 Å². The first-order valence-electron chi connectivity index (χ1n) is 7.27. The Balaban J connectivity index is 4.56. The maximum absolute atomic E-state index is 12.0. The number of nitrogens with zero attached hydrogens (tertiary/aromatic N) is 1. The van der Waals surface area contributed by atoms with Gasteiger partial charge in [-0.05, 0) is 33.1 Å². The molecule has 1 unspecified atom stereocenters. The molecule has 22 heavy (non-hydrogen) atoms. The third-order valence-electron chi connectivity index (χ3n) is 2.61.